The summed E-state index contributed by atoms with van der Waals surface area (Å²) < 4.78 is 2.07. The quantitative estimate of drug-likeness (QED) is 0.896. The molecule has 0 spiro atoms. The number of hydrogen-bond donors (Lipinski definition) is 1. The van der Waals surface area contributed by atoms with Crippen LogP contribution in [0.5, 0.6) is 0 Å². The van der Waals surface area contributed by atoms with Crippen LogP contribution in [0.1, 0.15) is 38.6 Å². The van der Waals surface area contributed by atoms with Crippen molar-refractivity contribution in [2.75, 3.05) is 26.2 Å². The molecule has 0 bridgehead atoms. The fourth-order valence-electron chi connectivity index (χ4n) is 3.73. The SMILES string of the molecule is CC(C)N1CCCC(N2CCNCC2c2nccn2C)C1=O. The number of carbonyl (C=O) groups excluding carboxylic acids is 1. The topological polar surface area (TPSA) is 53.4 Å². The van der Waals surface area contributed by atoms with E-state index < -0.39 is 0 Å². The lowest BCUT2D eigenvalue weighted by molar-refractivity contribution is -0.144. The number of aromatic nitrogens is 2. The summed E-state index contributed by atoms with van der Waals surface area (Å²) in [6, 6.07) is 0.458. The number of likely N-dealkylation sites (tertiary alicyclic amines) is 1. The summed E-state index contributed by atoms with van der Waals surface area (Å²) in [5.74, 6) is 1.34. The van der Waals surface area contributed by atoms with Gasteiger partial charge in [-0.1, -0.05) is 0 Å². The number of piperazine rings is 1. The number of imidazole rings is 1. The standard InChI is InChI=1S/C16H27N5O/c1-12(2)20-8-4-5-13(16(20)22)21-10-6-17-11-14(21)15-18-7-9-19(15)3/h7,9,12-14,17H,4-6,8,10-11H2,1-3H3. The van der Waals surface area contributed by atoms with Gasteiger partial charge in [0.2, 0.25) is 5.91 Å². The van der Waals surface area contributed by atoms with Gasteiger partial charge in [0, 0.05) is 51.7 Å². The summed E-state index contributed by atoms with van der Waals surface area (Å²) in [7, 11) is 2.03. The van der Waals surface area contributed by atoms with Gasteiger partial charge in [-0.05, 0) is 26.7 Å². The first kappa shape index (κ1) is 15.5. The highest BCUT2D eigenvalue weighted by Gasteiger charge is 2.39. The predicted octanol–water partition coefficient (Wildman–Crippen LogP) is 0.766. The first-order valence-corrected chi connectivity index (χ1v) is 8.33. The molecule has 0 aliphatic carbocycles. The zero-order valence-corrected chi connectivity index (χ0v) is 13.8. The van der Waals surface area contributed by atoms with Crippen LogP contribution in [0.15, 0.2) is 12.4 Å². The molecule has 1 aromatic rings. The lowest BCUT2D eigenvalue weighted by atomic mass is 9.98. The number of rotatable bonds is 3. The van der Waals surface area contributed by atoms with Crippen LogP contribution in [-0.4, -0.2) is 63.5 Å². The molecule has 2 saturated heterocycles. The van der Waals surface area contributed by atoms with Crippen molar-refractivity contribution < 1.29 is 4.79 Å². The Kier molecular flexibility index (Phi) is 4.49. The van der Waals surface area contributed by atoms with E-state index in [0.717, 1.165) is 44.8 Å². The van der Waals surface area contributed by atoms with Crippen LogP contribution in [0.3, 0.4) is 0 Å². The fourth-order valence-corrected chi connectivity index (χ4v) is 3.73. The van der Waals surface area contributed by atoms with E-state index in [9.17, 15) is 4.79 Å². The molecule has 1 N–H and O–H groups in total. The second kappa shape index (κ2) is 6.38. The molecule has 0 saturated carbocycles. The van der Waals surface area contributed by atoms with Crippen molar-refractivity contribution in [1.29, 1.82) is 0 Å². The summed E-state index contributed by atoms with van der Waals surface area (Å²) in [5, 5.41) is 3.45. The van der Waals surface area contributed by atoms with Crippen LogP contribution in [-0.2, 0) is 11.8 Å². The lowest BCUT2D eigenvalue weighted by Gasteiger charge is -2.45. The van der Waals surface area contributed by atoms with E-state index >= 15 is 0 Å². The molecule has 1 amide bonds. The summed E-state index contributed by atoms with van der Waals surface area (Å²) in [6.45, 7) is 7.80. The molecule has 2 atom stereocenters. The van der Waals surface area contributed by atoms with E-state index in [1.165, 1.54) is 0 Å². The minimum absolute atomic E-state index is 0.0000463. The van der Waals surface area contributed by atoms with E-state index in [0.29, 0.717) is 5.91 Å². The van der Waals surface area contributed by atoms with Crippen molar-refractivity contribution in [3.05, 3.63) is 18.2 Å². The van der Waals surface area contributed by atoms with Crippen molar-refractivity contribution in [2.24, 2.45) is 7.05 Å². The molecule has 22 heavy (non-hydrogen) atoms. The number of nitrogens with one attached hydrogen (secondary N) is 1. The highest BCUT2D eigenvalue weighted by atomic mass is 16.2. The van der Waals surface area contributed by atoms with Crippen LogP contribution in [0.2, 0.25) is 0 Å². The lowest BCUT2D eigenvalue weighted by Crippen LogP contribution is -2.59. The molecule has 0 radical (unpaired) electrons. The first-order valence-electron chi connectivity index (χ1n) is 8.33. The van der Waals surface area contributed by atoms with Crippen molar-refractivity contribution in [3.8, 4) is 0 Å². The minimum atomic E-state index is -0.0000463. The first-order chi connectivity index (χ1) is 10.6. The molecule has 2 aliphatic heterocycles. The van der Waals surface area contributed by atoms with Gasteiger partial charge in [-0.2, -0.15) is 0 Å². The van der Waals surface area contributed by atoms with Gasteiger partial charge in [-0.25, -0.2) is 4.98 Å². The molecule has 6 nitrogen and oxygen atoms in total. The monoisotopic (exact) mass is 305 g/mol. The van der Waals surface area contributed by atoms with Crippen molar-refractivity contribution in [2.45, 2.75) is 44.8 Å². The molecule has 2 fully saturated rings. The molecular weight excluding hydrogens is 278 g/mol. The van der Waals surface area contributed by atoms with Gasteiger partial charge in [-0.15, -0.1) is 0 Å². The van der Waals surface area contributed by atoms with Crippen molar-refractivity contribution in [3.63, 3.8) is 0 Å². The van der Waals surface area contributed by atoms with Crippen LogP contribution >= 0.6 is 0 Å². The van der Waals surface area contributed by atoms with Gasteiger partial charge in [0.05, 0.1) is 12.1 Å². The Morgan fingerprint density at radius 3 is 2.82 bits per heavy atom. The zero-order chi connectivity index (χ0) is 15.7. The van der Waals surface area contributed by atoms with E-state index in [2.05, 4.69) is 33.6 Å². The largest absolute Gasteiger partial charge is 0.339 e. The molecule has 6 heteroatoms. The van der Waals surface area contributed by atoms with Gasteiger partial charge >= 0.3 is 0 Å². The molecule has 1 aromatic heterocycles. The number of aryl methyl sites for hydroxylation is 1. The van der Waals surface area contributed by atoms with Gasteiger partial charge in [0.25, 0.3) is 0 Å². The fraction of sp³-hybridized carbons (Fsp3) is 0.750. The Morgan fingerprint density at radius 1 is 1.32 bits per heavy atom. The van der Waals surface area contributed by atoms with E-state index in [4.69, 9.17) is 0 Å². The second-order valence-electron chi connectivity index (χ2n) is 6.64. The van der Waals surface area contributed by atoms with Gasteiger partial charge in [-0.3, -0.25) is 9.69 Å². The number of carbonyl (C=O) groups is 1. The third-order valence-electron chi connectivity index (χ3n) is 4.91. The smallest absolute Gasteiger partial charge is 0.240 e. The molecule has 2 aliphatic rings. The second-order valence-corrected chi connectivity index (χ2v) is 6.64. The van der Waals surface area contributed by atoms with Gasteiger partial charge in [0.1, 0.15) is 5.82 Å². The predicted molar refractivity (Wildman–Crippen MR) is 85.4 cm³/mol. The number of amides is 1. The third kappa shape index (κ3) is 2.77. The maximum absolute atomic E-state index is 12.9. The van der Waals surface area contributed by atoms with Gasteiger partial charge in [0.15, 0.2) is 0 Å². The average Bonchev–Trinajstić information content (AvgIpc) is 2.93. The summed E-state index contributed by atoms with van der Waals surface area (Å²) in [5.41, 5.74) is 0. The van der Waals surface area contributed by atoms with Crippen LogP contribution in [0.4, 0.5) is 0 Å². The Balaban J connectivity index is 1.84. The molecular formula is C16H27N5O. The summed E-state index contributed by atoms with van der Waals surface area (Å²) in [6.07, 6.45) is 5.87. The van der Waals surface area contributed by atoms with Crippen LogP contribution < -0.4 is 5.32 Å². The number of nitrogens with zero attached hydrogens (tertiary/aromatic N) is 4. The maximum Gasteiger partial charge on any atom is 0.240 e. The van der Waals surface area contributed by atoms with Crippen LogP contribution in [0, 0.1) is 0 Å². The normalized spacial score (nSPS) is 27.6. The maximum atomic E-state index is 12.9. The summed E-state index contributed by atoms with van der Waals surface area (Å²) in [4.78, 5) is 21.8. The Labute approximate surface area is 132 Å². The van der Waals surface area contributed by atoms with Gasteiger partial charge < -0.3 is 14.8 Å². The molecule has 3 rings (SSSR count). The van der Waals surface area contributed by atoms with Crippen molar-refractivity contribution >= 4 is 5.91 Å². The van der Waals surface area contributed by atoms with E-state index in [1.807, 2.05) is 24.3 Å². The van der Waals surface area contributed by atoms with Crippen molar-refractivity contribution in [1.82, 2.24) is 24.7 Å². The van der Waals surface area contributed by atoms with Crippen LogP contribution in [0.25, 0.3) is 0 Å². The number of piperidine rings is 1. The average molecular weight is 305 g/mol. The zero-order valence-electron chi connectivity index (χ0n) is 13.8. The highest BCUT2D eigenvalue weighted by molar-refractivity contribution is 5.83. The van der Waals surface area contributed by atoms with E-state index in [1.54, 1.807) is 0 Å². The molecule has 122 valence electrons. The Hall–Kier alpha value is -1.40. The Bertz CT molecular complexity index is 526. The highest BCUT2D eigenvalue weighted by Crippen LogP contribution is 2.28. The van der Waals surface area contributed by atoms with E-state index in [-0.39, 0.29) is 18.1 Å². The molecule has 3 heterocycles. The molecule has 2 unspecified atom stereocenters. The minimum Gasteiger partial charge on any atom is -0.339 e. The number of hydrogen-bond acceptors (Lipinski definition) is 4. The Morgan fingerprint density at radius 2 is 2.14 bits per heavy atom. The molecule has 0 aromatic carbocycles. The third-order valence-corrected chi connectivity index (χ3v) is 4.91. The summed E-state index contributed by atoms with van der Waals surface area (Å²) >= 11 is 0.